The number of allylic oxidation sites excluding steroid dienone is 10. The summed E-state index contributed by atoms with van der Waals surface area (Å²) in [6.07, 6.45) is 23.9. The number of hydrogen-bond donors (Lipinski definition) is 0. The minimum Gasteiger partial charge on any atom is -0.310 e. The van der Waals surface area contributed by atoms with Crippen molar-refractivity contribution < 1.29 is 0 Å². The van der Waals surface area contributed by atoms with E-state index in [1.807, 2.05) is 31.2 Å². The van der Waals surface area contributed by atoms with Crippen molar-refractivity contribution in [2.75, 3.05) is 0 Å². The van der Waals surface area contributed by atoms with Crippen molar-refractivity contribution in [3.63, 3.8) is 0 Å². The largest absolute Gasteiger partial charge is 0.310 e. The SMILES string of the molecule is C=C/C=C\c1c(/C=C\C=C)c(C=C)n(C(/C=C\C(=C/C)C(C)C)=C/C)c1C=C. The summed E-state index contributed by atoms with van der Waals surface area (Å²) in [5, 5.41) is 0. The van der Waals surface area contributed by atoms with E-state index in [2.05, 4.69) is 88.1 Å². The van der Waals surface area contributed by atoms with Crippen LogP contribution in [0.4, 0.5) is 0 Å². The maximum absolute atomic E-state index is 4.06. The molecule has 1 heteroatoms. The van der Waals surface area contributed by atoms with Gasteiger partial charge in [-0.3, -0.25) is 0 Å². The Morgan fingerprint density at radius 2 is 1.29 bits per heavy atom. The molecule has 0 unspecified atom stereocenters. The summed E-state index contributed by atoms with van der Waals surface area (Å²) in [7, 11) is 0. The Labute approximate surface area is 171 Å². The van der Waals surface area contributed by atoms with E-state index in [1.165, 1.54) is 5.57 Å². The summed E-state index contributed by atoms with van der Waals surface area (Å²) in [5.41, 5.74) is 6.54. The monoisotopic (exact) mass is 371 g/mol. The van der Waals surface area contributed by atoms with E-state index < -0.39 is 0 Å². The first-order valence-corrected chi connectivity index (χ1v) is 9.63. The van der Waals surface area contributed by atoms with Crippen LogP contribution in [0.15, 0.2) is 80.5 Å². The molecular weight excluding hydrogens is 338 g/mol. The zero-order valence-electron chi connectivity index (χ0n) is 17.8. The van der Waals surface area contributed by atoms with Gasteiger partial charge in [0.1, 0.15) is 0 Å². The van der Waals surface area contributed by atoms with Gasteiger partial charge in [-0.05, 0) is 43.6 Å². The molecule has 146 valence electrons. The minimum atomic E-state index is 0.471. The molecule has 0 saturated carbocycles. The van der Waals surface area contributed by atoms with Crippen LogP contribution in [-0.4, -0.2) is 4.57 Å². The normalized spacial score (nSPS) is 13.2. The molecule has 0 bridgehead atoms. The lowest BCUT2D eigenvalue weighted by atomic mass is 10.0. The van der Waals surface area contributed by atoms with E-state index in [-0.39, 0.29) is 0 Å². The van der Waals surface area contributed by atoms with Crippen molar-refractivity contribution >= 4 is 30.0 Å². The number of aromatic nitrogens is 1. The van der Waals surface area contributed by atoms with E-state index in [4.69, 9.17) is 0 Å². The molecular formula is C27H33N. The van der Waals surface area contributed by atoms with Gasteiger partial charge in [-0.2, -0.15) is 0 Å². The third kappa shape index (κ3) is 5.23. The van der Waals surface area contributed by atoms with Gasteiger partial charge in [0, 0.05) is 16.8 Å². The van der Waals surface area contributed by atoms with Crippen LogP contribution in [-0.2, 0) is 0 Å². The van der Waals surface area contributed by atoms with Crippen LogP contribution in [0.3, 0.4) is 0 Å². The van der Waals surface area contributed by atoms with Crippen LogP contribution >= 0.6 is 0 Å². The predicted molar refractivity (Wildman–Crippen MR) is 131 cm³/mol. The molecule has 1 rings (SSSR count). The molecule has 0 N–H and O–H groups in total. The third-order valence-corrected chi connectivity index (χ3v) is 4.51. The first-order chi connectivity index (χ1) is 13.5. The van der Waals surface area contributed by atoms with Crippen molar-refractivity contribution in [1.82, 2.24) is 4.57 Å². The molecule has 28 heavy (non-hydrogen) atoms. The van der Waals surface area contributed by atoms with Gasteiger partial charge in [0.25, 0.3) is 0 Å². The molecule has 0 fully saturated rings. The molecule has 0 aliphatic rings. The zero-order chi connectivity index (χ0) is 21.1. The van der Waals surface area contributed by atoms with Gasteiger partial charge < -0.3 is 4.57 Å². The van der Waals surface area contributed by atoms with Crippen LogP contribution in [0.2, 0.25) is 0 Å². The Hall–Kier alpha value is -3.06. The van der Waals surface area contributed by atoms with E-state index in [9.17, 15) is 0 Å². The van der Waals surface area contributed by atoms with E-state index in [0.29, 0.717) is 5.92 Å². The molecule has 1 aromatic heterocycles. The fraction of sp³-hybridized carbons (Fsp3) is 0.185. The Balaban J connectivity index is 3.81. The van der Waals surface area contributed by atoms with Gasteiger partial charge in [0.15, 0.2) is 0 Å². The fourth-order valence-corrected chi connectivity index (χ4v) is 3.11. The lowest BCUT2D eigenvalue weighted by Gasteiger charge is -2.12. The van der Waals surface area contributed by atoms with Crippen molar-refractivity contribution in [3.05, 3.63) is 103 Å². The lowest BCUT2D eigenvalue weighted by molar-refractivity contribution is 0.789. The summed E-state index contributed by atoms with van der Waals surface area (Å²) in [5.74, 6) is 0.471. The van der Waals surface area contributed by atoms with E-state index in [1.54, 1.807) is 12.2 Å². The van der Waals surface area contributed by atoms with E-state index >= 15 is 0 Å². The van der Waals surface area contributed by atoms with Gasteiger partial charge in [-0.15, -0.1) is 0 Å². The minimum absolute atomic E-state index is 0.471. The van der Waals surface area contributed by atoms with Gasteiger partial charge >= 0.3 is 0 Å². The quantitative estimate of drug-likeness (QED) is 0.365. The smallest absolute Gasteiger partial charge is 0.0535 e. The summed E-state index contributed by atoms with van der Waals surface area (Å²) >= 11 is 0. The highest BCUT2D eigenvalue weighted by Crippen LogP contribution is 2.32. The number of rotatable bonds is 10. The number of hydrogen-bond acceptors (Lipinski definition) is 0. The van der Waals surface area contributed by atoms with Gasteiger partial charge in [-0.25, -0.2) is 0 Å². The van der Waals surface area contributed by atoms with E-state index in [0.717, 1.165) is 28.2 Å². The van der Waals surface area contributed by atoms with Crippen molar-refractivity contribution in [2.45, 2.75) is 27.7 Å². The molecule has 1 nitrogen and oxygen atoms in total. The lowest BCUT2D eigenvalue weighted by Crippen LogP contribution is -2.01. The highest BCUT2D eigenvalue weighted by molar-refractivity contribution is 5.83. The van der Waals surface area contributed by atoms with Crippen LogP contribution < -0.4 is 0 Å². The van der Waals surface area contributed by atoms with Crippen LogP contribution in [0.1, 0.15) is 50.2 Å². The first kappa shape index (κ1) is 23.0. The standard InChI is InChI=1S/C27H33N/c1-9-15-17-24-25(18-16-10-2)27(14-6)28(26(24)13-5)23(12-4)20-19-22(11-3)21(7)8/h9-21H,1-2,5-6H2,3-4,7-8H3/b17-15-,18-16-,20-19-,22-11+,23-12+. The second-order valence-electron chi connectivity index (χ2n) is 6.52. The predicted octanol–water partition coefficient (Wildman–Crippen LogP) is 8.19. The molecule has 0 radical (unpaired) electrons. The van der Waals surface area contributed by atoms with Crippen LogP contribution in [0, 0.1) is 5.92 Å². The van der Waals surface area contributed by atoms with Gasteiger partial charge in [0.2, 0.25) is 0 Å². The Morgan fingerprint density at radius 3 is 1.61 bits per heavy atom. The van der Waals surface area contributed by atoms with Gasteiger partial charge in [-0.1, -0.05) is 94.8 Å². The molecule has 0 atom stereocenters. The summed E-state index contributed by atoms with van der Waals surface area (Å²) in [6.45, 7) is 24.2. The molecule has 0 saturated heterocycles. The fourth-order valence-electron chi connectivity index (χ4n) is 3.11. The Bertz CT molecular complexity index is 826. The zero-order valence-corrected chi connectivity index (χ0v) is 17.8. The molecule has 0 aliphatic carbocycles. The van der Waals surface area contributed by atoms with Crippen LogP contribution in [0.25, 0.3) is 30.0 Å². The summed E-state index contributed by atoms with van der Waals surface area (Å²) in [4.78, 5) is 0. The Morgan fingerprint density at radius 1 is 0.786 bits per heavy atom. The average Bonchev–Trinajstić information content (AvgIpc) is 2.99. The molecule has 0 aromatic carbocycles. The highest BCUT2D eigenvalue weighted by atomic mass is 15.0. The molecule has 1 heterocycles. The third-order valence-electron chi connectivity index (χ3n) is 4.51. The second kappa shape index (κ2) is 11.6. The molecule has 0 aliphatic heterocycles. The average molecular weight is 372 g/mol. The molecule has 0 spiro atoms. The highest BCUT2D eigenvalue weighted by Gasteiger charge is 2.17. The maximum atomic E-state index is 4.06. The van der Waals surface area contributed by atoms with Gasteiger partial charge in [0.05, 0.1) is 11.4 Å². The van der Waals surface area contributed by atoms with Crippen molar-refractivity contribution in [1.29, 1.82) is 0 Å². The first-order valence-electron chi connectivity index (χ1n) is 9.63. The molecule has 1 aromatic rings. The van der Waals surface area contributed by atoms with Crippen LogP contribution in [0.5, 0.6) is 0 Å². The Kier molecular flexibility index (Phi) is 9.53. The second-order valence-corrected chi connectivity index (χ2v) is 6.52. The van der Waals surface area contributed by atoms with Crippen molar-refractivity contribution in [3.8, 4) is 0 Å². The summed E-state index contributed by atoms with van der Waals surface area (Å²) in [6, 6.07) is 0. The van der Waals surface area contributed by atoms with Crippen molar-refractivity contribution in [2.24, 2.45) is 5.92 Å². The maximum Gasteiger partial charge on any atom is 0.0535 e. The topological polar surface area (TPSA) is 4.93 Å². The number of nitrogens with zero attached hydrogens (tertiary/aromatic N) is 1. The summed E-state index contributed by atoms with van der Waals surface area (Å²) < 4.78 is 2.19. The molecule has 0 amide bonds.